The molecule has 5 N–H and O–H groups in total. The number of hydrazine groups is 1. The Labute approximate surface area is 206 Å². The van der Waals surface area contributed by atoms with E-state index in [-0.39, 0.29) is 6.42 Å². The summed E-state index contributed by atoms with van der Waals surface area (Å²) in [7, 11) is 0. The van der Waals surface area contributed by atoms with E-state index in [9.17, 15) is 9.59 Å². The van der Waals surface area contributed by atoms with Gasteiger partial charge in [-0.2, -0.15) is 4.99 Å². The number of hydrogen-bond donors (Lipinski definition) is 3. The number of carbonyl (C=O) groups is 2. The molecule has 0 spiro atoms. The van der Waals surface area contributed by atoms with Gasteiger partial charge < -0.3 is 15.7 Å². The highest BCUT2D eigenvalue weighted by molar-refractivity contribution is 5.98. The van der Waals surface area contributed by atoms with Crippen LogP contribution in [0.25, 0.3) is 0 Å². The Bertz CT molecular complexity index is 1050. The number of para-hydroxylation sites is 1. The molecule has 2 aromatic rings. The second kappa shape index (κ2) is 11.5. The average molecular weight is 478 g/mol. The van der Waals surface area contributed by atoms with Gasteiger partial charge in [0, 0.05) is 23.8 Å². The van der Waals surface area contributed by atoms with Crippen LogP contribution < -0.4 is 16.5 Å². The lowest BCUT2D eigenvalue weighted by Crippen LogP contribution is -2.47. The van der Waals surface area contributed by atoms with Crippen LogP contribution in [0, 0.1) is 5.92 Å². The largest absolute Gasteiger partial charge is 0.480 e. The van der Waals surface area contributed by atoms with Crippen LogP contribution in [0.15, 0.2) is 53.5 Å². The molecular weight excluding hydrogens is 442 g/mol. The minimum atomic E-state index is -1.06. The molecule has 2 fully saturated rings. The highest BCUT2D eigenvalue weighted by Gasteiger charge is 2.34. The molecule has 2 aromatic carbocycles. The molecule has 1 aliphatic carbocycles. The standard InChI is InChI=1S/C27H35N5O3/c28-23(27(34)35)16-19-11-13-21(14-12-19)26(33)30-18-31(29)17-22-7-2-4-10-25(22)32-15-5-8-20-6-1-3-9-24(20)32/h2,4,7,10-14,18,20,23-24H,1,3,5-6,8-9,15-17,28-29H2,(H,34,35)/t20?,23-,24?/m0/s1. The molecule has 8 nitrogen and oxygen atoms in total. The normalized spacial score (nSPS) is 20.9. The third-order valence-corrected chi connectivity index (χ3v) is 7.19. The number of carbonyl (C=O) groups excluding carboxylic acids is 1. The molecular formula is C27H35N5O3. The number of hydrogen-bond acceptors (Lipinski definition) is 5. The fraction of sp³-hybridized carbons (Fsp3) is 0.444. The van der Waals surface area contributed by atoms with Gasteiger partial charge in [-0.1, -0.05) is 43.2 Å². The van der Waals surface area contributed by atoms with Crippen LogP contribution >= 0.6 is 0 Å². The van der Waals surface area contributed by atoms with Crippen molar-refractivity contribution in [1.29, 1.82) is 0 Å². The van der Waals surface area contributed by atoms with Gasteiger partial charge in [-0.25, -0.2) is 5.84 Å². The number of aliphatic imine (C=N–C) groups is 1. The molecule has 1 saturated carbocycles. The number of carboxylic acids is 1. The first-order valence-corrected chi connectivity index (χ1v) is 12.4. The zero-order chi connectivity index (χ0) is 24.8. The van der Waals surface area contributed by atoms with Crippen LogP contribution in [0.1, 0.15) is 60.0 Å². The summed E-state index contributed by atoms with van der Waals surface area (Å²) in [6, 6.07) is 14.6. The van der Waals surface area contributed by atoms with E-state index in [1.54, 1.807) is 24.3 Å². The minimum absolute atomic E-state index is 0.196. The van der Waals surface area contributed by atoms with E-state index >= 15 is 0 Å². The second-order valence-corrected chi connectivity index (χ2v) is 9.64. The topological polar surface area (TPSA) is 125 Å². The lowest BCUT2D eigenvalue weighted by atomic mass is 9.78. The molecule has 35 heavy (non-hydrogen) atoms. The summed E-state index contributed by atoms with van der Waals surface area (Å²) in [6.45, 7) is 1.52. The Hall–Kier alpha value is -3.23. The molecule has 1 heterocycles. The van der Waals surface area contributed by atoms with Crippen LogP contribution in [0.5, 0.6) is 0 Å². The van der Waals surface area contributed by atoms with Crippen molar-refractivity contribution in [2.24, 2.45) is 22.5 Å². The van der Waals surface area contributed by atoms with Crippen molar-refractivity contribution in [3.63, 3.8) is 0 Å². The van der Waals surface area contributed by atoms with Gasteiger partial charge >= 0.3 is 5.97 Å². The SMILES string of the molecule is N[C@@H](Cc1ccc(C(=O)N=CN(N)Cc2ccccc2N2CCCC3CCCCC32)cc1)C(=O)O. The summed E-state index contributed by atoms with van der Waals surface area (Å²) >= 11 is 0. The summed E-state index contributed by atoms with van der Waals surface area (Å²) in [5.41, 5.74) is 9.07. The number of carboxylic acid groups (broad SMARTS) is 1. The van der Waals surface area contributed by atoms with Gasteiger partial charge in [0.1, 0.15) is 12.4 Å². The maximum absolute atomic E-state index is 12.5. The van der Waals surface area contributed by atoms with Crippen molar-refractivity contribution < 1.29 is 14.7 Å². The van der Waals surface area contributed by atoms with Gasteiger partial charge in [-0.3, -0.25) is 14.6 Å². The lowest BCUT2D eigenvalue weighted by Gasteiger charge is -2.46. The van der Waals surface area contributed by atoms with Gasteiger partial charge in [0.2, 0.25) is 0 Å². The lowest BCUT2D eigenvalue weighted by molar-refractivity contribution is -0.138. The molecule has 1 saturated heterocycles. The molecule has 1 amide bonds. The monoisotopic (exact) mass is 477 g/mol. The van der Waals surface area contributed by atoms with Crippen LogP contribution in [0.3, 0.4) is 0 Å². The Morgan fingerprint density at radius 1 is 1.09 bits per heavy atom. The maximum Gasteiger partial charge on any atom is 0.320 e. The first kappa shape index (κ1) is 24.9. The van der Waals surface area contributed by atoms with E-state index in [1.807, 2.05) is 6.07 Å². The summed E-state index contributed by atoms with van der Waals surface area (Å²) in [4.78, 5) is 30.0. The highest BCUT2D eigenvalue weighted by atomic mass is 16.4. The number of piperidine rings is 1. The van der Waals surface area contributed by atoms with Gasteiger partial charge in [0.25, 0.3) is 5.91 Å². The second-order valence-electron chi connectivity index (χ2n) is 9.64. The Morgan fingerprint density at radius 3 is 2.57 bits per heavy atom. The predicted molar refractivity (Wildman–Crippen MR) is 137 cm³/mol. The molecule has 0 radical (unpaired) electrons. The Morgan fingerprint density at radius 2 is 1.80 bits per heavy atom. The third-order valence-electron chi connectivity index (χ3n) is 7.19. The van der Waals surface area contributed by atoms with E-state index in [0.717, 1.165) is 23.6 Å². The zero-order valence-electron chi connectivity index (χ0n) is 20.1. The van der Waals surface area contributed by atoms with Crippen molar-refractivity contribution in [2.45, 2.75) is 63.6 Å². The molecule has 1 aliphatic heterocycles. The molecule has 0 aromatic heterocycles. The summed E-state index contributed by atoms with van der Waals surface area (Å²) < 4.78 is 0. The number of amides is 1. The molecule has 186 valence electrons. The molecule has 2 aliphatic rings. The van der Waals surface area contributed by atoms with E-state index < -0.39 is 17.9 Å². The Kier molecular flexibility index (Phi) is 8.15. The number of nitrogens with zero attached hydrogens (tertiary/aromatic N) is 3. The molecule has 3 atom stereocenters. The molecule has 2 unspecified atom stereocenters. The number of anilines is 1. The van der Waals surface area contributed by atoms with Crippen LogP contribution in [0.2, 0.25) is 0 Å². The third kappa shape index (κ3) is 6.26. The zero-order valence-corrected chi connectivity index (χ0v) is 20.1. The number of nitrogens with two attached hydrogens (primary N) is 2. The number of benzene rings is 2. The van der Waals surface area contributed by atoms with Crippen molar-refractivity contribution in [3.8, 4) is 0 Å². The fourth-order valence-corrected chi connectivity index (χ4v) is 5.41. The number of aliphatic carboxylic acids is 1. The molecule has 4 rings (SSSR count). The number of fused-ring (bicyclic) bond motifs is 1. The van der Waals surface area contributed by atoms with E-state index in [2.05, 4.69) is 28.1 Å². The molecule has 8 heteroatoms. The average Bonchev–Trinajstić information content (AvgIpc) is 2.87. The van der Waals surface area contributed by atoms with Crippen LogP contribution in [0.4, 0.5) is 5.69 Å². The van der Waals surface area contributed by atoms with E-state index in [1.165, 1.54) is 55.6 Å². The van der Waals surface area contributed by atoms with Gasteiger partial charge in [0.05, 0.1) is 6.54 Å². The smallest absolute Gasteiger partial charge is 0.320 e. The van der Waals surface area contributed by atoms with E-state index in [0.29, 0.717) is 18.2 Å². The van der Waals surface area contributed by atoms with Crippen LogP contribution in [-0.4, -0.2) is 47.0 Å². The van der Waals surface area contributed by atoms with E-state index in [4.69, 9.17) is 16.7 Å². The van der Waals surface area contributed by atoms with Crippen molar-refractivity contribution in [3.05, 3.63) is 65.2 Å². The summed E-state index contributed by atoms with van der Waals surface area (Å²) in [6.07, 6.45) is 9.33. The van der Waals surface area contributed by atoms with Crippen molar-refractivity contribution >= 4 is 23.9 Å². The first-order valence-electron chi connectivity index (χ1n) is 12.4. The number of rotatable bonds is 8. The predicted octanol–water partition coefficient (Wildman–Crippen LogP) is 3.34. The Balaban J connectivity index is 1.39. The van der Waals surface area contributed by atoms with Crippen molar-refractivity contribution in [1.82, 2.24) is 5.01 Å². The maximum atomic E-state index is 12.5. The van der Waals surface area contributed by atoms with Crippen LogP contribution in [-0.2, 0) is 17.8 Å². The summed E-state index contributed by atoms with van der Waals surface area (Å²) in [5, 5.41) is 10.4. The minimum Gasteiger partial charge on any atom is -0.480 e. The quantitative estimate of drug-likeness (QED) is 0.230. The first-order chi connectivity index (χ1) is 16.9. The molecule has 0 bridgehead atoms. The van der Waals surface area contributed by atoms with Gasteiger partial charge in [-0.05, 0) is 67.3 Å². The highest BCUT2D eigenvalue weighted by Crippen LogP contribution is 2.38. The summed E-state index contributed by atoms with van der Waals surface area (Å²) in [5.74, 6) is 5.53. The fourth-order valence-electron chi connectivity index (χ4n) is 5.41. The van der Waals surface area contributed by atoms with Gasteiger partial charge in [0.15, 0.2) is 0 Å². The van der Waals surface area contributed by atoms with Gasteiger partial charge in [-0.15, -0.1) is 0 Å². The van der Waals surface area contributed by atoms with Crippen molar-refractivity contribution in [2.75, 3.05) is 11.4 Å².